The summed E-state index contributed by atoms with van der Waals surface area (Å²) >= 11 is 0. The molecule has 1 amide bonds. The van der Waals surface area contributed by atoms with E-state index in [0.717, 1.165) is 38.5 Å². The molecule has 0 heterocycles. The molecule has 0 spiro atoms. The van der Waals surface area contributed by atoms with Crippen molar-refractivity contribution in [1.29, 1.82) is 0 Å². The highest BCUT2D eigenvalue weighted by Crippen LogP contribution is 2.43. The molecule has 0 bridgehead atoms. The quantitative estimate of drug-likeness (QED) is 0.0462. The molecule has 0 saturated carbocycles. The number of aliphatic carboxylic acids is 1. The molecule has 0 rings (SSSR count). The second-order valence-electron chi connectivity index (χ2n) is 12.6. The molecule has 0 aromatic rings. The van der Waals surface area contributed by atoms with E-state index in [4.69, 9.17) is 9.05 Å². The first-order chi connectivity index (χ1) is 21.3. The summed E-state index contributed by atoms with van der Waals surface area (Å²) in [6, 6.07) is -1.39. The van der Waals surface area contributed by atoms with Crippen LogP contribution >= 0.6 is 7.82 Å². The fraction of sp³-hybridized carbons (Fsp3) is 0.943. The monoisotopic (exact) mass is 647 g/mol. The highest BCUT2D eigenvalue weighted by atomic mass is 31.2. The minimum atomic E-state index is -4.38. The third-order valence-corrected chi connectivity index (χ3v) is 9.28. The van der Waals surface area contributed by atoms with E-state index >= 15 is 0 Å². The molecule has 2 atom stereocenters. The number of carboxylic acid groups (broad SMARTS) is 1. The van der Waals surface area contributed by atoms with Gasteiger partial charge in [-0.15, -0.1) is 0 Å². The minimum Gasteiger partial charge on any atom is -0.480 e. The second kappa shape index (κ2) is 32.0. The molecule has 0 aliphatic heterocycles. The molecule has 0 radical (unpaired) electrons. The molecule has 3 N–H and O–H groups in total. The molecule has 9 heteroatoms. The van der Waals surface area contributed by atoms with Gasteiger partial charge in [-0.3, -0.25) is 13.8 Å². The van der Waals surface area contributed by atoms with Gasteiger partial charge in [-0.05, 0) is 12.8 Å². The van der Waals surface area contributed by atoms with Crippen LogP contribution in [0.25, 0.3) is 0 Å². The average molecular weight is 648 g/mol. The summed E-state index contributed by atoms with van der Waals surface area (Å²) in [6.07, 6.45) is 32.9. The van der Waals surface area contributed by atoms with E-state index in [-0.39, 0.29) is 18.9 Å². The SMILES string of the molecule is CCCCCCCCCCCCCCCCOP(=O)(O)OC[C@H](NC(=O)CCCCCCCCCCCCCCC)C(=O)O. The lowest BCUT2D eigenvalue weighted by molar-refractivity contribution is -0.142. The van der Waals surface area contributed by atoms with Gasteiger partial charge in [-0.2, -0.15) is 0 Å². The maximum atomic E-state index is 12.2. The number of phosphoric ester groups is 1. The zero-order valence-electron chi connectivity index (χ0n) is 28.7. The molecule has 44 heavy (non-hydrogen) atoms. The van der Waals surface area contributed by atoms with Crippen LogP contribution in [0.1, 0.15) is 194 Å². The number of carboxylic acids is 1. The molecule has 1 unspecified atom stereocenters. The lowest BCUT2D eigenvalue weighted by Crippen LogP contribution is -2.43. The Morgan fingerprint density at radius 2 is 0.909 bits per heavy atom. The zero-order valence-corrected chi connectivity index (χ0v) is 29.6. The van der Waals surface area contributed by atoms with E-state index in [1.165, 1.54) is 122 Å². The topological polar surface area (TPSA) is 122 Å². The summed E-state index contributed by atoms with van der Waals surface area (Å²) in [7, 11) is -4.38. The molecule has 8 nitrogen and oxygen atoms in total. The normalized spacial score (nSPS) is 13.5. The Kier molecular flexibility index (Phi) is 31.3. The van der Waals surface area contributed by atoms with Gasteiger partial charge in [0.05, 0.1) is 13.2 Å². The van der Waals surface area contributed by atoms with Crippen LogP contribution in [0.5, 0.6) is 0 Å². The molecule has 0 aliphatic rings. The van der Waals surface area contributed by atoms with Crippen molar-refractivity contribution < 1.29 is 33.2 Å². The van der Waals surface area contributed by atoms with Crippen LogP contribution in [0.3, 0.4) is 0 Å². The fourth-order valence-electron chi connectivity index (χ4n) is 5.43. The lowest BCUT2D eigenvalue weighted by atomic mass is 10.0. The number of amides is 1. The van der Waals surface area contributed by atoms with Crippen molar-refractivity contribution in [3.05, 3.63) is 0 Å². The molecular weight excluding hydrogens is 577 g/mol. The van der Waals surface area contributed by atoms with Crippen molar-refractivity contribution >= 4 is 19.7 Å². The van der Waals surface area contributed by atoms with Crippen LogP contribution in [0.15, 0.2) is 0 Å². The molecule has 0 fully saturated rings. The van der Waals surface area contributed by atoms with E-state index in [1.54, 1.807) is 0 Å². The van der Waals surface area contributed by atoms with Crippen LogP contribution in [0, 0.1) is 0 Å². The first-order valence-electron chi connectivity index (χ1n) is 18.5. The number of rotatable bonds is 35. The van der Waals surface area contributed by atoms with Crippen LogP contribution in [-0.4, -0.2) is 41.1 Å². The van der Waals surface area contributed by atoms with Crippen molar-refractivity contribution in [2.45, 2.75) is 200 Å². The summed E-state index contributed by atoms with van der Waals surface area (Å²) in [5, 5.41) is 11.8. The van der Waals surface area contributed by atoms with Crippen molar-refractivity contribution in [1.82, 2.24) is 5.32 Å². The Morgan fingerprint density at radius 1 is 0.568 bits per heavy atom. The van der Waals surface area contributed by atoms with Gasteiger partial charge >= 0.3 is 13.8 Å². The number of hydrogen-bond acceptors (Lipinski definition) is 5. The van der Waals surface area contributed by atoms with Gasteiger partial charge in [0.2, 0.25) is 5.91 Å². The van der Waals surface area contributed by atoms with Gasteiger partial charge < -0.3 is 15.3 Å². The van der Waals surface area contributed by atoms with E-state index < -0.39 is 26.4 Å². The van der Waals surface area contributed by atoms with Gasteiger partial charge in [0.25, 0.3) is 0 Å². The summed E-state index contributed by atoms with van der Waals surface area (Å²) in [5.41, 5.74) is 0. The summed E-state index contributed by atoms with van der Waals surface area (Å²) in [4.78, 5) is 33.7. The van der Waals surface area contributed by atoms with Gasteiger partial charge in [0.15, 0.2) is 6.04 Å². The highest BCUT2D eigenvalue weighted by molar-refractivity contribution is 7.47. The predicted molar refractivity (Wildman–Crippen MR) is 182 cm³/mol. The first kappa shape index (κ1) is 43.0. The molecule has 0 aromatic carbocycles. The van der Waals surface area contributed by atoms with E-state index in [9.17, 15) is 24.2 Å². The van der Waals surface area contributed by atoms with Crippen LogP contribution in [-0.2, 0) is 23.2 Å². The van der Waals surface area contributed by atoms with Gasteiger partial charge in [-0.1, -0.05) is 174 Å². The summed E-state index contributed by atoms with van der Waals surface area (Å²) in [6.45, 7) is 3.95. The number of nitrogens with one attached hydrogen (secondary N) is 1. The lowest BCUT2D eigenvalue weighted by Gasteiger charge is -2.17. The molecule has 0 aliphatic carbocycles. The molecular formula is C35H70NO7P. The number of carbonyl (C=O) groups is 2. The summed E-state index contributed by atoms with van der Waals surface area (Å²) < 4.78 is 22.1. The average Bonchev–Trinajstić information content (AvgIpc) is 2.99. The van der Waals surface area contributed by atoms with Gasteiger partial charge in [-0.25, -0.2) is 9.36 Å². The highest BCUT2D eigenvalue weighted by Gasteiger charge is 2.27. The number of unbranched alkanes of at least 4 members (excludes halogenated alkanes) is 25. The van der Waals surface area contributed by atoms with E-state index in [2.05, 4.69) is 19.2 Å². The van der Waals surface area contributed by atoms with Crippen molar-refractivity contribution in [3.8, 4) is 0 Å². The number of hydrogen-bond donors (Lipinski definition) is 3. The predicted octanol–water partition coefficient (Wildman–Crippen LogP) is 10.7. The summed E-state index contributed by atoms with van der Waals surface area (Å²) in [5.74, 6) is -1.70. The third-order valence-electron chi connectivity index (χ3n) is 8.30. The Morgan fingerprint density at radius 3 is 1.27 bits per heavy atom. The standard InChI is InChI=1S/C35H70NO7P/c1-3-5-7-9-11-13-15-17-19-21-23-25-27-29-31-42-44(40,41)43-32-33(35(38)39)36-34(37)30-28-26-24-22-20-18-16-14-12-10-8-6-4-2/h33H,3-32H2,1-2H3,(H,36,37)(H,38,39)(H,40,41)/t33-/m0/s1. The second-order valence-corrected chi connectivity index (χ2v) is 14.1. The van der Waals surface area contributed by atoms with Crippen LogP contribution < -0.4 is 5.32 Å². The molecule has 0 aromatic heterocycles. The Bertz CT molecular complexity index is 707. The number of carbonyl (C=O) groups excluding carboxylic acids is 1. The van der Waals surface area contributed by atoms with Crippen molar-refractivity contribution in [3.63, 3.8) is 0 Å². The minimum absolute atomic E-state index is 0.0783. The molecule has 262 valence electrons. The Labute approximate surface area is 270 Å². The van der Waals surface area contributed by atoms with Crippen LogP contribution in [0.2, 0.25) is 0 Å². The van der Waals surface area contributed by atoms with E-state index in [1.807, 2.05) is 0 Å². The smallest absolute Gasteiger partial charge is 0.472 e. The third kappa shape index (κ3) is 31.0. The van der Waals surface area contributed by atoms with Crippen molar-refractivity contribution in [2.24, 2.45) is 0 Å². The van der Waals surface area contributed by atoms with Crippen LogP contribution in [0.4, 0.5) is 0 Å². The van der Waals surface area contributed by atoms with Gasteiger partial charge in [0, 0.05) is 6.42 Å². The maximum Gasteiger partial charge on any atom is 0.472 e. The van der Waals surface area contributed by atoms with Gasteiger partial charge in [0.1, 0.15) is 0 Å². The molecule has 0 saturated heterocycles. The van der Waals surface area contributed by atoms with Crippen molar-refractivity contribution in [2.75, 3.05) is 13.2 Å². The Balaban J connectivity index is 3.77. The zero-order chi connectivity index (χ0) is 32.6. The largest absolute Gasteiger partial charge is 0.480 e. The van der Waals surface area contributed by atoms with E-state index in [0.29, 0.717) is 12.8 Å². The Hall–Kier alpha value is -0.950. The maximum absolute atomic E-state index is 12.2. The fourth-order valence-corrected chi connectivity index (χ4v) is 6.20. The first-order valence-corrected chi connectivity index (χ1v) is 20.0. The number of phosphoric acid groups is 1.